The number of hydrogen-bond donors (Lipinski definition) is 3. The molecular formula is C30H24Cl2N4O3. The highest BCUT2D eigenvalue weighted by molar-refractivity contribution is 6.40. The van der Waals surface area contributed by atoms with Crippen molar-refractivity contribution < 1.29 is 14.7 Å². The zero-order valence-corrected chi connectivity index (χ0v) is 22.6. The summed E-state index contributed by atoms with van der Waals surface area (Å²) in [6.07, 6.45) is 1.42. The van der Waals surface area contributed by atoms with E-state index in [9.17, 15) is 9.59 Å². The SMILES string of the molecule is Cc1cc2nc(C(CNC(=O)c3c(Cl)cc(-c4ccc(C(=O)O)nc4)cc3Cl)c3ccccc3)[nH]c2cc1C. The Labute approximate surface area is 234 Å². The molecule has 3 aromatic carbocycles. The van der Waals surface area contributed by atoms with Gasteiger partial charge in [0.2, 0.25) is 0 Å². The Bertz CT molecular complexity index is 1640. The number of H-pyrrole nitrogens is 1. The number of halogens is 2. The molecule has 3 N–H and O–H groups in total. The van der Waals surface area contributed by atoms with Crippen LogP contribution in [0.1, 0.15) is 49.3 Å². The average Bonchev–Trinajstić information content (AvgIpc) is 3.31. The number of aromatic carboxylic acids is 1. The third-order valence-electron chi connectivity index (χ3n) is 6.70. The zero-order chi connectivity index (χ0) is 27.7. The van der Waals surface area contributed by atoms with Crippen molar-refractivity contribution in [2.45, 2.75) is 19.8 Å². The number of aromatic amines is 1. The van der Waals surface area contributed by atoms with Crippen molar-refractivity contribution in [2.75, 3.05) is 6.54 Å². The van der Waals surface area contributed by atoms with Crippen molar-refractivity contribution in [1.29, 1.82) is 0 Å². The Morgan fingerprint density at radius 2 is 1.64 bits per heavy atom. The number of nitrogens with zero attached hydrogens (tertiary/aromatic N) is 2. The number of carbonyl (C=O) groups excluding carboxylic acids is 1. The second-order valence-electron chi connectivity index (χ2n) is 9.30. The number of aryl methyl sites for hydroxylation is 2. The quantitative estimate of drug-likeness (QED) is 0.203. The van der Waals surface area contributed by atoms with Crippen LogP contribution in [-0.4, -0.2) is 38.5 Å². The van der Waals surface area contributed by atoms with Crippen molar-refractivity contribution >= 4 is 46.1 Å². The molecule has 0 aliphatic heterocycles. The molecule has 0 saturated carbocycles. The molecule has 0 bridgehead atoms. The molecule has 1 atom stereocenters. The third kappa shape index (κ3) is 5.50. The topological polar surface area (TPSA) is 108 Å². The first-order valence-electron chi connectivity index (χ1n) is 12.2. The van der Waals surface area contributed by atoms with Crippen LogP contribution in [0.25, 0.3) is 22.2 Å². The van der Waals surface area contributed by atoms with Gasteiger partial charge in [-0.3, -0.25) is 4.79 Å². The lowest BCUT2D eigenvalue weighted by Gasteiger charge is -2.17. The van der Waals surface area contributed by atoms with Crippen LogP contribution in [0.3, 0.4) is 0 Å². The molecule has 0 radical (unpaired) electrons. The predicted molar refractivity (Wildman–Crippen MR) is 153 cm³/mol. The van der Waals surface area contributed by atoms with Crippen LogP contribution in [0.5, 0.6) is 0 Å². The fourth-order valence-electron chi connectivity index (χ4n) is 4.44. The molecule has 0 fully saturated rings. The smallest absolute Gasteiger partial charge is 0.354 e. The van der Waals surface area contributed by atoms with E-state index >= 15 is 0 Å². The summed E-state index contributed by atoms with van der Waals surface area (Å²) < 4.78 is 0. The van der Waals surface area contributed by atoms with Crippen LogP contribution < -0.4 is 5.32 Å². The summed E-state index contributed by atoms with van der Waals surface area (Å²) in [4.78, 5) is 36.6. The van der Waals surface area contributed by atoms with E-state index in [0.717, 1.165) is 28.0 Å². The van der Waals surface area contributed by atoms with E-state index in [4.69, 9.17) is 33.3 Å². The molecule has 5 aromatic rings. The highest BCUT2D eigenvalue weighted by atomic mass is 35.5. The van der Waals surface area contributed by atoms with Crippen LogP contribution in [0.4, 0.5) is 0 Å². The summed E-state index contributed by atoms with van der Waals surface area (Å²) in [5, 5.41) is 12.4. The first-order chi connectivity index (χ1) is 18.7. The number of imidazole rings is 1. The van der Waals surface area contributed by atoms with E-state index in [2.05, 4.69) is 41.3 Å². The monoisotopic (exact) mass is 558 g/mol. The van der Waals surface area contributed by atoms with Crippen LogP contribution >= 0.6 is 23.2 Å². The Morgan fingerprint density at radius 1 is 0.949 bits per heavy atom. The van der Waals surface area contributed by atoms with Crippen molar-refractivity contribution in [3.8, 4) is 11.1 Å². The molecule has 2 heterocycles. The molecule has 39 heavy (non-hydrogen) atoms. The summed E-state index contributed by atoms with van der Waals surface area (Å²) in [5.74, 6) is -1.03. The first-order valence-corrected chi connectivity index (χ1v) is 13.0. The van der Waals surface area contributed by atoms with E-state index in [-0.39, 0.29) is 33.8 Å². The van der Waals surface area contributed by atoms with Gasteiger partial charge in [-0.15, -0.1) is 0 Å². The minimum absolute atomic E-state index is 0.0744. The number of carboxylic acids is 1. The number of rotatable bonds is 7. The van der Waals surface area contributed by atoms with Crippen LogP contribution in [0, 0.1) is 13.8 Å². The maximum atomic E-state index is 13.3. The molecule has 2 aromatic heterocycles. The van der Waals surface area contributed by atoms with Crippen LogP contribution in [0.15, 0.2) is 72.9 Å². The van der Waals surface area contributed by atoms with Crippen LogP contribution in [-0.2, 0) is 0 Å². The normalized spacial score (nSPS) is 11.9. The van der Waals surface area contributed by atoms with Gasteiger partial charge in [-0.2, -0.15) is 0 Å². The van der Waals surface area contributed by atoms with Gasteiger partial charge in [0.15, 0.2) is 0 Å². The maximum Gasteiger partial charge on any atom is 0.354 e. The zero-order valence-electron chi connectivity index (χ0n) is 21.1. The highest BCUT2D eigenvalue weighted by Crippen LogP contribution is 2.32. The van der Waals surface area contributed by atoms with Gasteiger partial charge in [0, 0.05) is 18.3 Å². The molecule has 0 saturated heterocycles. The summed E-state index contributed by atoms with van der Waals surface area (Å²) in [7, 11) is 0. The molecule has 1 amide bonds. The van der Waals surface area contributed by atoms with Gasteiger partial charge < -0.3 is 15.4 Å². The van der Waals surface area contributed by atoms with Crippen molar-refractivity contribution in [3.63, 3.8) is 0 Å². The average molecular weight is 559 g/mol. The number of carboxylic acid groups (broad SMARTS) is 1. The van der Waals surface area contributed by atoms with Gasteiger partial charge in [0.05, 0.1) is 32.6 Å². The second-order valence-corrected chi connectivity index (χ2v) is 10.1. The molecular weight excluding hydrogens is 535 g/mol. The van der Waals surface area contributed by atoms with Crippen LogP contribution in [0.2, 0.25) is 10.0 Å². The number of benzene rings is 3. The number of amides is 1. The first kappa shape index (κ1) is 26.4. The second kappa shape index (κ2) is 10.9. The molecule has 1 unspecified atom stereocenters. The minimum atomic E-state index is -1.12. The van der Waals surface area contributed by atoms with Gasteiger partial charge in [0.1, 0.15) is 11.5 Å². The van der Waals surface area contributed by atoms with Gasteiger partial charge >= 0.3 is 5.97 Å². The Kier molecular flexibility index (Phi) is 7.37. The van der Waals surface area contributed by atoms with Gasteiger partial charge in [-0.25, -0.2) is 14.8 Å². The Hall–Kier alpha value is -4.20. The lowest BCUT2D eigenvalue weighted by Crippen LogP contribution is -2.29. The molecule has 0 spiro atoms. The van der Waals surface area contributed by atoms with E-state index in [1.54, 1.807) is 18.2 Å². The number of carbonyl (C=O) groups is 2. The van der Waals surface area contributed by atoms with E-state index in [1.165, 1.54) is 17.8 Å². The summed E-state index contributed by atoms with van der Waals surface area (Å²) in [6, 6.07) is 20.2. The van der Waals surface area contributed by atoms with Crippen molar-refractivity contribution in [1.82, 2.24) is 20.3 Å². The molecule has 0 aliphatic carbocycles. The number of aromatic nitrogens is 3. The lowest BCUT2D eigenvalue weighted by molar-refractivity contribution is 0.0690. The number of hydrogen-bond acceptors (Lipinski definition) is 4. The highest BCUT2D eigenvalue weighted by Gasteiger charge is 2.22. The molecule has 9 heteroatoms. The molecule has 5 rings (SSSR count). The summed E-state index contributed by atoms with van der Waals surface area (Å²) in [6.45, 7) is 4.37. The van der Waals surface area contributed by atoms with Gasteiger partial charge in [-0.05, 0) is 66.4 Å². The summed E-state index contributed by atoms with van der Waals surface area (Å²) >= 11 is 13.0. The minimum Gasteiger partial charge on any atom is -0.477 e. The number of nitrogens with one attached hydrogen (secondary N) is 2. The number of pyridine rings is 1. The summed E-state index contributed by atoms with van der Waals surface area (Å²) in [5.41, 5.74) is 6.44. The van der Waals surface area contributed by atoms with Crippen molar-refractivity contribution in [2.24, 2.45) is 0 Å². The Morgan fingerprint density at radius 3 is 2.28 bits per heavy atom. The number of fused-ring (bicyclic) bond motifs is 1. The van der Waals surface area contributed by atoms with E-state index in [1.807, 2.05) is 30.3 Å². The fraction of sp³-hybridized carbons (Fsp3) is 0.133. The maximum absolute atomic E-state index is 13.3. The molecule has 0 aliphatic rings. The standard InChI is InChI=1S/C30H24Cl2N4O3/c1-16-10-25-26(11-17(16)2)36-28(35-25)21(18-6-4-3-5-7-18)15-34-29(37)27-22(31)12-20(13-23(27)32)19-8-9-24(30(38)39)33-14-19/h3-14,21H,15H2,1-2H3,(H,34,37)(H,35,36)(H,38,39). The van der Waals surface area contributed by atoms with E-state index < -0.39 is 11.9 Å². The Balaban J connectivity index is 1.41. The largest absolute Gasteiger partial charge is 0.477 e. The van der Waals surface area contributed by atoms with Crippen molar-refractivity contribution in [3.05, 3.63) is 117 Å². The lowest BCUT2D eigenvalue weighted by atomic mass is 9.98. The molecule has 196 valence electrons. The third-order valence-corrected chi connectivity index (χ3v) is 7.30. The predicted octanol–water partition coefficient (Wildman–Crippen LogP) is 6.81. The van der Waals surface area contributed by atoms with E-state index in [0.29, 0.717) is 11.1 Å². The fourth-order valence-corrected chi connectivity index (χ4v) is 5.10. The van der Waals surface area contributed by atoms with Gasteiger partial charge in [0.25, 0.3) is 5.91 Å². The molecule has 7 nitrogen and oxygen atoms in total. The van der Waals surface area contributed by atoms with Gasteiger partial charge in [-0.1, -0.05) is 59.6 Å².